The second-order valence-corrected chi connectivity index (χ2v) is 3.92. The number of hydrogen-bond acceptors (Lipinski definition) is 3. The highest BCUT2D eigenvalue weighted by molar-refractivity contribution is 5.76. The van der Waals surface area contributed by atoms with Crippen LogP contribution in [0, 0.1) is 6.92 Å². The standard InChI is InChI=1S/C13H15N3.C2H6/c1-8-2-3-9(6-12(8)15)10-4-5-11(14)13(16)7-10;1-2/h2-7H,14-16H2,1H3;1-2H3. The first-order valence-corrected chi connectivity index (χ1v) is 6.09. The summed E-state index contributed by atoms with van der Waals surface area (Å²) in [5, 5.41) is 0. The molecule has 0 aromatic heterocycles. The van der Waals surface area contributed by atoms with Gasteiger partial charge in [-0.15, -0.1) is 0 Å². The maximum Gasteiger partial charge on any atom is 0.0554 e. The Morgan fingerprint density at radius 1 is 0.667 bits per heavy atom. The Kier molecular flexibility index (Phi) is 4.60. The summed E-state index contributed by atoms with van der Waals surface area (Å²) in [5.41, 5.74) is 22.4. The lowest BCUT2D eigenvalue weighted by Gasteiger charge is -2.07. The summed E-state index contributed by atoms with van der Waals surface area (Å²) in [6.45, 7) is 5.98. The van der Waals surface area contributed by atoms with Gasteiger partial charge in [0, 0.05) is 5.69 Å². The number of anilines is 3. The number of hydrogen-bond donors (Lipinski definition) is 3. The molecule has 0 saturated heterocycles. The molecule has 2 aromatic rings. The second-order valence-electron chi connectivity index (χ2n) is 3.92. The minimum Gasteiger partial charge on any atom is -0.398 e. The molecule has 0 aliphatic heterocycles. The van der Waals surface area contributed by atoms with Gasteiger partial charge in [0.25, 0.3) is 0 Å². The zero-order chi connectivity index (χ0) is 13.7. The van der Waals surface area contributed by atoms with Gasteiger partial charge in [0.15, 0.2) is 0 Å². The molecular formula is C15H21N3. The Morgan fingerprint density at radius 2 is 1.17 bits per heavy atom. The van der Waals surface area contributed by atoms with Crippen molar-refractivity contribution in [3.05, 3.63) is 42.0 Å². The number of rotatable bonds is 1. The van der Waals surface area contributed by atoms with E-state index in [1.54, 1.807) is 6.07 Å². The molecular weight excluding hydrogens is 222 g/mol. The van der Waals surface area contributed by atoms with Gasteiger partial charge in [0.2, 0.25) is 0 Å². The molecule has 2 rings (SSSR count). The summed E-state index contributed by atoms with van der Waals surface area (Å²) < 4.78 is 0. The Labute approximate surface area is 109 Å². The number of nitrogen functional groups attached to an aromatic ring is 3. The van der Waals surface area contributed by atoms with Crippen LogP contribution in [0.2, 0.25) is 0 Å². The summed E-state index contributed by atoms with van der Waals surface area (Å²) in [5.74, 6) is 0. The Balaban J connectivity index is 0.000000771. The zero-order valence-corrected chi connectivity index (χ0v) is 11.2. The molecule has 0 fully saturated rings. The van der Waals surface area contributed by atoms with Gasteiger partial charge in [0.05, 0.1) is 11.4 Å². The van der Waals surface area contributed by atoms with E-state index >= 15 is 0 Å². The average Bonchev–Trinajstić information content (AvgIpc) is 2.38. The molecule has 0 bridgehead atoms. The Bertz CT molecular complexity index is 484. The molecule has 2 aromatic carbocycles. The maximum absolute atomic E-state index is 5.87. The molecule has 0 radical (unpaired) electrons. The largest absolute Gasteiger partial charge is 0.398 e. The van der Waals surface area contributed by atoms with E-state index in [1.807, 2.05) is 51.1 Å². The molecule has 6 N–H and O–H groups in total. The van der Waals surface area contributed by atoms with E-state index in [-0.39, 0.29) is 0 Å². The van der Waals surface area contributed by atoms with Crippen molar-refractivity contribution in [2.45, 2.75) is 20.8 Å². The van der Waals surface area contributed by atoms with E-state index in [4.69, 9.17) is 17.2 Å². The fraction of sp³-hybridized carbons (Fsp3) is 0.200. The van der Waals surface area contributed by atoms with Gasteiger partial charge in [-0.2, -0.15) is 0 Å². The first-order valence-electron chi connectivity index (χ1n) is 6.09. The molecule has 0 saturated carbocycles. The van der Waals surface area contributed by atoms with Gasteiger partial charge in [-0.1, -0.05) is 32.0 Å². The van der Waals surface area contributed by atoms with Crippen molar-refractivity contribution in [3.8, 4) is 11.1 Å². The van der Waals surface area contributed by atoms with Crippen LogP contribution in [0.3, 0.4) is 0 Å². The fourth-order valence-electron chi connectivity index (χ4n) is 1.57. The van der Waals surface area contributed by atoms with Crippen LogP contribution in [-0.2, 0) is 0 Å². The Hall–Kier alpha value is -2.16. The van der Waals surface area contributed by atoms with Crippen LogP contribution in [0.1, 0.15) is 19.4 Å². The zero-order valence-electron chi connectivity index (χ0n) is 11.2. The molecule has 96 valence electrons. The first-order chi connectivity index (χ1) is 8.58. The number of nitrogens with two attached hydrogens (primary N) is 3. The van der Waals surface area contributed by atoms with Gasteiger partial charge < -0.3 is 17.2 Å². The highest BCUT2D eigenvalue weighted by Gasteiger charge is 2.02. The number of aryl methyl sites for hydroxylation is 1. The van der Waals surface area contributed by atoms with E-state index in [0.717, 1.165) is 22.4 Å². The lowest BCUT2D eigenvalue weighted by Crippen LogP contribution is -1.95. The van der Waals surface area contributed by atoms with Crippen LogP contribution in [0.4, 0.5) is 17.1 Å². The third-order valence-electron chi connectivity index (χ3n) is 2.70. The topological polar surface area (TPSA) is 78.1 Å². The van der Waals surface area contributed by atoms with Crippen LogP contribution in [0.25, 0.3) is 11.1 Å². The average molecular weight is 243 g/mol. The van der Waals surface area contributed by atoms with Gasteiger partial charge in [-0.25, -0.2) is 0 Å². The van der Waals surface area contributed by atoms with Gasteiger partial charge in [0.1, 0.15) is 0 Å². The maximum atomic E-state index is 5.87. The van der Waals surface area contributed by atoms with Gasteiger partial charge >= 0.3 is 0 Å². The van der Waals surface area contributed by atoms with Crippen LogP contribution in [-0.4, -0.2) is 0 Å². The number of benzene rings is 2. The molecule has 0 aliphatic rings. The summed E-state index contributed by atoms with van der Waals surface area (Å²) in [4.78, 5) is 0. The molecule has 0 unspecified atom stereocenters. The minimum absolute atomic E-state index is 0.594. The first kappa shape index (κ1) is 13.9. The summed E-state index contributed by atoms with van der Waals surface area (Å²) in [7, 11) is 0. The van der Waals surface area contributed by atoms with Crippen molar-refractivity contribution in [2.75, 3.05) is 17.2 Å². The highest BCUT2D eigenvalue weighted by Crippen LogP contribution is 2.27. The van der Waals surface area contributed by atoms with E-state index in [0.29, 0.717) is 11.4 Å². The molecule has 0 spiro atoms. The SMILES string of the molecule is CC.Cc1ccc(-c2ccc(N)c(N)c2)cc1N. The van der Waals surface area contributed by atoms with E-state index in [9.17, 15) is 0 Å². The fourth-order valence-corrected chi connectivity index (χ4v) is 1.57. The third kappa shape index (κ3) is 2.94. The predicted octanol–water partition coefficient (Wildman–Crippen LogP) is 3.43. The predicted molar refractivity (Wildman–Crippen MR) is 81.2 cm³/mol. The van der Waals surface area contributed by atoms with Gasteiger partial charge in [-0.05, 0) is 41.8 Å². The summed E-state index contributed by atoms with van der Waals surface area (Å²) in [6, 6.07) is 11.6. The van der Waals surface area contributed by atoms with Crippen LogP contribution in [0.5, 0.6) is 0 Å². The third-order valence-corrected chi connectivity index (χ3v) is 2.70. The lowest BCUT2D eigenvalue weighted by molar-refractivity contribution is 1.47. The van der Waals surface area contributed by atoms with Gasteiger partial charge in [-0.3, -0.25) is 0 Å². The smallest absolute Gasteiger partial charge is 0.0554 e. The van der Waals surface area contributed by atoms with Crippen LogP contribution >= 0.6 is 0 Å². The monoisotopic (exact) mass is 243 g/mol. The minimum atomic E-state index is 0.594. The van der Waals surface area contributed by atoms with Crippen molar-refractivity contribution in [1.29, 1.82) is 0 Å². The Morgan fingerprint density at radius 3 is 1.67 bits per heavy atom. The van der Waals surface area contributed by atoms with E-state index < -0.39 is 0 Å². The van der Waals surface area contributed by atoms with Crippen molar-refractivity contribution >= 4 is 17.1 Å². The lowest BCUT2D eigenvalue weighted by atomic mass is 10.0. The molecule has 0 amide bonds. The highest BCUT2D eigenvalue weighted by atomic mass is 14.7. The quantitative estimate of drug-likeness (QED) is 0.671. The van der Waals surface area contributed by atoms with Crippen molar-refractivity contribution in [2.24, 2.45) is 0 Å². The van der Waals surface area contributed by atoms with Crippen molar-refractivity contribution < 1.29 is 0 Å². The van der Waals surface area contributed by atoms with E-state index in [2.05, 4.69) is 0 Å². The molecule has 3 nitrogen and oxygen atoms in total. The van der Waals surface area contributed by atoms with Crippen molar-refractivity contribution in [3.63, 3.8) is 0 Å². The van der Waals surface area contributed by atoms with Crippen LogP contribution in [0.15, 0.2) is 36.4 Å². The molecule has 18 heavy (non-hydrogen) atoms. The second kappa shape index (κ2) is 5.96. The molecule has 3 heteroatoms. The van der Waals surface area contributed by atoms with E-state index in [1.165, 1.54) is 0 Å². The summed E-state index contributed by atoms with van der Waals surface area (Å²) in [6.07, 6.45) is 0. The normalized spacial score (nSPS) is 9.50. The van der Waals surface area contributed by atoms with Crippen LogP contribution < -0.4 is 17.2 Å². The van der Waals surface area contributed by atoms with Crippen molar-refractivity contribution in [1.82, 2.24) is 0 Å². The molecule has 0 atom stereocenters. The molecule has 0 heterocycles. The molecule has 0 aliphatic carbocycles. The summed E-state index contributed by atoms with van der Waals surface area (Å²) >= 11 is 0.